The Kier molecular flexibility index (Phi) is 5.75. The summed E-state index contributed by atoms with van der Waals surface area (Å²) in [5, 5.41) is 13.0. The van der Waals surface area contributed by atoms with E-state index in [9.17, 15) is 9.90 Å². The second-order valence-electron chi connectivity index (χ2n) is 5.47. The van der Waals surface area contributed by atoms with Crippen molar-refractivity contribution >= 4 is 23.2 Å². The molecular formula is C18H18ClNO5. The number of anilines is 1. The van der Waals surface area contributed by atoms with E-state index in [1.54, 1.807) is 36.4 Å². The molecule has 132 valence electrons. The molecule has 1 amide bonds. The maximum absolute atomic E-state index is 12.1. The van der Waals surface area contributed by atoms with Gasteiger partial charge in [0.2, 0.25) is 0 Å². The third-order valence-corrected chi connectivity index (χ3v) is 3.90. The smallest absolute Gasteiger partial charge is 0.262 e. The van der Waals surface area contributed by atoms with Gasteiger partial charge in [0.15, 0.2) is 12.9 Å². The van der Waals surface area contributed by atoms with Gasteiger partial charge in [0, 0.05) is 5.56 Å². The highest BCUT2D eigenvalue weighted by molar-refractivity contribution is 6.32. The molecule has 0 bridgehead atoms. The van der Waals surface area contributed by atoms with Gasteiger partial charge in [-0.25, -0.2) is 0 Å². The van der Waals surface area contributed by atoms with Gasteiger partial charge in [-0.2, -0.15) is 0 Å². The second kappa shape index (κ2) is 8.20. The Morgan fingerprint density at radius 2 is 2.00 bits per heavy atom. The van der Waals surface area contributed by atoms with Crippen LogP contribution in [0, 0.1) is 0 Å². The fraction of sp³-hybridized carbons (Fsp3) is 0.278. The first-order chi connectivity index (χ1) is 12.1. The largest absolute Gasteiger partial charge is 0.506 e. The van der Waals surface area contributed by atoms with E-state index in [0.717, 1.165) is 12.0 Å². The molecule has 3 rings (SSSR count). The minimum Gasteiger partial charge on any atom is -0.506 e. The SMILES string of the molecule is O=C(COc1ccccc1Cl)Nc1cc(C2OCCCO2)ccc1O. The number of aromatic hydroxyl groups is 1. The Balaban J connectivity index is 1.63. The molecule has 2 aromatic rings. The molecule has 0 aliphatic carbocycles. The molecule has 1 heterocycles. The first-order valence-corrected chi connectivity index (χ1v) is 8.24. The Morgan fingerprint density at radius 1 is 1.24 bits per heavy atom. The molecule has 1 aliphatic rings. The fourth-order valence-corrected chi connectivity index (χ4v) is 2.56. The number of para-hydroxylation sites is 1. The number of ether oxygens (including phenoxy) is 3. The molecule has 6 nitrogen and oxygen atoms in total. The third kappa shape index (κ3) is 4.63. The van der Waals surface area contributed by atoms with E-state index in [1.165, 1.54) is 6.07 Å². The molecule has 1 aliphatic heterocycles. The summed E-state index contributed by atoms with van der Waals surface area (Å²) in [5.41, 5.74) is 0.989. The quantitative estimate of drug-likeness (QED) is 0.795. The van der Waals surface area contributed by atoms with E-state index >= 15 is 0 Å². The van der Waals surface area contributed by atoms with Crippen LogP contribution in [0.4, 0.5) is 5.69 Å². The number of halogens is 1. The molecule has 0 aromatic heterocycles. The number of carbonyl (C=O) groups is 1. The van der Waals surface area contributed by atoms with E-state index in [4.69, 9.17) is 25.8 Å². The molecule has 0 atom stereocenters. The summed E-state index contributed by atoms with van der Waals surface area (Å²) in [6.07, 6.45) is 0.349. The van der Waals surface area contributed by atoms with Crippen molar-refractivity contribution < 1.29 is 24.1 Å². The summed E-state index contributed by atoms with van der Waals surface area (Å²) in [7, 11) is 0. The van der Waals surface area contributed by atoms with Crippen LogP contribution in [0.5, 0.6) is 11.5 Å². The lowest BCUT2D eigenvalue weighted by atomic mass is 10.1. The van der Waals surface area contributed by atoms with Crippen molar-refractivity contribution in [3.63, 3.8) is 0 Å². The van der Waals surface area contributed by atoms with Crippen molar-refractivity contribution in [1.29, 1.82) is 0 Å². The zero-order chi connectivity index (χ0) is 17.6. The number of phenolic OH excluding ortho intramolecular Hbond substituents is 1. The first kappa shape index (κ1) is 17.5. The summed E-state index contributed by atoms with van der Waals surface area (Å²) < 4.78 is 16.4. The fourth-order valence-electron chi connectivity index (χ4n) is 2.37. The number of nitrogens with one attached hydrogen (secondary N) is 1. The van der Waals surface area contributed by atoms with Gasteiger partial charge >= 0.3 is 0 Å². The summed E-state index contributed by atoms with van der Waals surface area (Å²) in [4.78, 5) is 12.1. The zero-order valence-corrected chi connectivity index (χ0v) is 14.2. The van der Waals surface area contributed by atoms with E-state index < -0.39 is 12.2 Å². The molecule has 0 spiro atoms. The Morgan fingerprint density at radius 3 is 2.76 bits per heavy atom. The van der Waals surface area contributed by atoms with Crippen molar-refractivity contribution in [2.75, 3.05) is 25.1 Å². The highest BCUT2D eigenvalue weighted by atomic mass is 35.5. The Hall–Kier alpha value is -2.28. The lowest BCUT2D eigenvalue weighted by Crippen LogP contribution is -2.21. The maximum atomic E-state index is 12.1. The normalized spacial score (nSPS) is 14.9. The van der Waals surface area contributed by atoms with E-state index in [1.807, 2.05) is 0 Å². The molecular weight excluding hydrogens is 346 g/mol. The molecule has 0 radical (unpaired) electrons. The van der Waals surface area contributed by atoms with E-state index in [2.05, 4.69) is 5.32 Å². The van der Waals surface area contributed by atoms with Gasteiger partial charge in [0.1, 0.15) is 11.5 Å². The summed E-state index contributed by atoms with van der Waals surface area (Å²) >= 11 is 5.98. The predicted molar refractivity (Wildman–Crippen MR) is 92.9 cm³/mol. The van der Waals surface area contributed by atoms with Crippen molar-refractivity contribution in [1.82, 2.24) is 0 Å². The number of rotatable bonds is 5. The summed E-state index contributed by atoms with van der Waals surface area (Å²) in [6, 6.07) is 11.7. The Bertz CT molecular complexity index is 746. The average Bonchev–Trinajstić information content (AvgIpc) is 2.63. The third-order valence-electron chi connectivity index (χ3n) is 3.59. The minimum atomic E-state index is -0.496. The van der Waals surface area contributed by atoms with Crippen molar-refractivity contribution in [2.24, 2.45) is 0 Å². The van der Waals surface area contributed by atoms with Crippen molar-refractivity contribution in [2.45, 2.75) is 12.7 Å². The highest BCUT2D eigenvalue weighted by Crippen LogP contribution is 2.30. The maximum Gasteiger partial charge on any atom is 0.262 e. The monoisotopic (exact) mass is 363 g/mol. The van der Waals surface area contributed by atoms with Crippen LogP contribution in [0.1, 0.15) is 18.3 Å². The molecule has 0 unspecified atom stereocenters. The second-order valence-corrected chi connectivity index (χ2v) is 5.88. The van der Waals surface area contributed by atoms with Crippen LogP contribution in [0.15, 0.2) is 42.5 Å². The molecule has 2 N–H and O–H groups in total. The van der Waals surface area contributed by atoms with Crippen molar-refractivity contribution in [3.05, 3.63) is 53.1 Å². The number of phenols is 1. The van der Waals surface area contributed by atoms with Gasteiger partial charge in [-0.05, 0) is 30.7 Å². The van der Waals surface area contributed by atoms with E-state index in [-0.39, 0.29) is 18.0 Å². The zero-order valence-electron chi connectivity index (χ0n) is 13.4. The lowest BCUT2D eigenvalue weighted by molar-refractivity contribution is -0.183. The van der Waals surface area contributed by atoms with Crippen molar-refractivity contribution in [3.8, 4) is 11.5 Å². The van der Waals surface area contributed by atoms with Gasteiger partial charge in [0.05, 0.1) is 23.9 Å². The average molecular weight is 364 g/mol. The van der Waals surface area contributed by atoms with Crippen LogP contribution < -0.4 is 10.1 Å². The lowest BCUT2D eigenvalue weighted by Gasteiger charge is -2.24. The van der Waals surface area contributed by atoms with Crippen LogP contribution in [0.2, 0.25) is 5.02 Å². The van der Waals surface area contributed by atoms with Gasteiger partial charge in [-0.15, -0.1) is 0 Å². The summed E-state index contributed by atoms with van der Waals surface area (Å²) in [5.74, 6) is -0.0511. The van der Waals surface area contributed by atoms with Gasteiger partial charge in [-0.1, -0.05) is 29.8 Å². The number of benzene rings is 2. The molecule has 1 fully saturated rings. The number of carbonyl (C=O) groups excluding carboxylic acids is 1. The van der Waals surface area contributed by atoms with Crippen LogP contribution in [0.3, 0.4) is 0 Å². The van der Waals surface area contributed by atoms with Crippen LogP contribution in [0.25, 0.3) is 0 Å². The van der Waals surface area contributed by atoms with Gasteiger partial charge < -0.3 is 24.6 Å². The molecule has 7 heteroatoms. The highest BCUT2D eigenvalue weighted by Gasteiger charge is 2.18. The Labute approximate surface area is 150 Å². The molecule has 0 saturated carbocycles. The van der Waals surface area contributed by atoms with Crippen LogP contribution in [-0.4, -0.2) is 30.8 Å². The van der Waals surface area contributed by atoms with E-state index in [0.29, 0.717) is 24.0 Å². The van der Waals surface area contributed by atoms with Crippen LogP contribution >= 0.6 is 11.6 Å². The number of hydrogen-bond acceptors (Lipinski definition) is 5. The molecule has 1 saturated heterocycles. The first-order valence-electron chi connectivity index (χ1n) is 7.87. The summed E-state index contributed by atoms with van der Waals surface area (Å²) in [6.45, 7) is 0.988. The minimum absolute atomic E-state index is 0.0503. The molecule has 2 aromatic carbocycles. The predicted octanol–water partition coefficient (Wildman–Crippen LogP) is 3.50. The van der Waals surface area contributed by atoms with Gasteiger partial charge in [-0.3, -0.25) is 4.79 Å². The number of amides is 1. The van der Waals surface area contributed by atoms with Gasteiger partial charge in [0.25, 0.3) is 5.91 Å². The standard InChI is InChI=1S/C18H18ClNO5/c19-13-4-1-2-5-16(13)25-11-17(22)20-14-10-12(6-7-15(14)21)18-23-8-3-9-24-18/h1-2,4-7,10,18,21H,3,8-9,11H2,(H,20,22). The topological polar surface area (TPSA) is 77.0 Å². The molecule has 25 heavy (non-hydrogen) atoms. The van der Waals surface area contributed by atoms with Crippen LogP contribution in [-0.2, 0) is 14.3 Å². The number of hydrogen-bond donors (Lipinski definition) is 2.